The molecule has 0 aliphatic heterocycles. The van der Waals surface area contributed by atoms with Gasteiger partial charge in [-0.15, -0.1) is 10.2 Å². The molecule has 0 amide bonds. The minimum Gasteiger partial charge on any atom is -0.368 e. The SMILES string of the molecule is CC(Sc1nncn1-c1ccccc1)c1nc(N)nc(Nc2ccccc2)n1. The molecule has 4 aromatic rings. The van der Waals surface area contributed by atoms with Gasteiger partial charge >= 0.3 is 0 Å². The molecule has 0 aliphatic carbocycles. The second-order valence-electron chi connectivity index (χ2n) is 5.95. The van der Waals surface area contributed by atoms with Crippen LogP contribution in [0.5, 0.6) is 0 Å². The van der Waals surface area contributed by atoms with E-state index in [4.69, 9.17) is 5.73 Å². The molecule has 2 heterocycles. The molecule has 1 unspecified atom stereocenters. The van der Waals surface area contributed by atoms with Gasteiger partial charge in [-0.1, -0.05) is 48.2 Å². The topological polar surface area (TPSA) is 107 Å². The second kappa shape index (κ2) is 8.05. The summed E-state index contributed by atoms with van der Waals surface area (Å²) >= 11 is 1.50. The third kappa shape index (κ3) is 4.09. The fraction of sp³-hybridized carbons (Fsp3) is 0.105. The van der Waals surface area contributed by atoms with Gasteiger partial charge in [0.25, 0.3) is 0 Å². The maximum absolute atomic E-state index is 5.90. The van der Waals surface area contributed by atoms with Crippen molar-refractivity contribution in [3.05, 3.63) is 72.8 Å². The molecule has 2 aromatic heterocycles. The molecule has 9 heteroatoms. The van der Waals surface area contributed by atoms with Gasteiger partial charge in [0.15, 0.2) is 5.16 Å². The van der Waals surface area contributed by atoms with Gasteiger partial charge in [-0.2, -0.15) is 15.0 Å². The average Bonchev–Trinajstić information content (AvgIpc) is 3.17. The van der Waals surface area contributed by atoms with Crippen LogP contribution >= 0.6 is 11.8 Å². The Morgan fingerprint density at radius 2 is 1.68 bits per heavy atom. The minimum atomic E-state index is -0.103. The van der Waals surface area contributed by atoms with Crippen LogP contribution in [0.1, 0.15) is 18.0 Å². The minimum absolute atomic E-state index is 0.103. The molecule has 0 bridgehead atoms. The van der Waals surface area contributed by atoms with Crippen molar-refractivity contribution in [2.45, 2.75) is 17.3 Å². The van der Waals surface area contributed by atoms with Crippen LogP contribution in [0, 0.1) is 0 Å². The van der Waals surface area contributed by atoms with Gasteiger partial charge in [-0.3, -0.25) is 4.57 Å². The van der Waals surface area contributed by atoms with E-state index in [2.05, 4.69) is 30.5 Å². The first-order chi connectivity index (χ1) is 13.7. The fourth-order valence-corrected chi connectivity index (χ4v) is 3.47. The normalized spacial score (nSPS) is 11.9. The molecule has 8 nitrogen and oxygen atoms in total. The summed E-state index contributed by atoms with van der Waals surface area (Å²) in [5.74, 6) is 1.14. The molecule has 0 saturated heterocycles. The Bertz CT molecular complexity index is 1050. The summed E-state index contributed by atoms with van der Waals surface area (Å²) in [6, 6.07) is 19.6. The number of aromatic nitrogens is 6. The molecule has 140 valence electrons. The number of benzene rings is 2. The Morgan fingerprint density at radius 1 is 0.964 bits per heavy atom. The maximum atomic E-state index is 5.90. The summed E-state index contributed by atoms with van der Waals surface area (Å²) < 4.78 is 1.93. The summed E-state index contributed by atoms with van der Waals surface area (Å²) in [5.41, 5.74) is 7.77. The largest absolute Gasteiger partial charge is 0.368 e. The summed E-state index contributed by atoms with van der Waals surface area (Å²) in [5, 5.41) is 12.1. The van der Waals surface area contributed by atoms with Gasteiger partial charge in [-0.05, 0) is 31.2 Å². The zero-order valence-corrected chi connectivity index (χ0v) is 15.9. The van der Waals surface area contributed by atoms with E-state index in [1.807, 2.05) is 72.2 Å². The number of thioether (sulfide) groups is 1. The van der Waals surface area contributed by atoms with Crippen molar-refractivity contribution in [3.8, 4) is 5.69 Å². The Balaban J connectivity index is 1.56. The molecule has 0 fully saturated rings. The zero-order valence-electron chi connectivity index (χ0n) is 15.1. The molecule has 3 N–H and O–H groups in total. The van der Waals surface area contributed by atoms with E-state index in [0.29, 0.717) is 11.8 Å². The van der Waals surface area contributed by atoms with Crippen molar-refractivity contribution in [2.24, 2.45) is 0 Å². The van der Waals surface area contributed by atoms with Crippen molar-refractivity contribution in [1.29, 1.82) is 0 Å². The van der Waals surface area contributed by atoms with Crippen LogP contribution in [0.3, 0.4) is 0 Å². The van der Waals surface area contributed by atoms with Crippen molar-refractivity contribution in [3.63, 3.8) is 0 Å². The molecule has 2 aromatic carbocycles. The molecular formula is C19H18N8S. The van der Waals surface area contributed by atoms with Crippen LogP contribution in [-0.4, -0.2) is 29.7 Å². The lowest BCUT2D eigenvalue weighted by Gasteiger charge is -2.12. The van der Waals surface area contributed by atoms with Crippen LogP contribution in [-0.2, 0) is 0 Å². The lowest BCUT2D eigenvalue weighted by Crippen LogP contribution is -2.08. The second-order valence-corrected chi connectivity index (χ2v) is 7.25. The molecule has 1 atom stereocenters. The van der Waals surface area contributed by atoms with Crippen LogP contribution < -0.4 is 11.1 Å². The number of nitrogens with two attached hydrogens (primary N) is 1. The molecule has 28 heavy (non-hydrogen) atoms. The first-order valence-electron chi connectivity index (χ1n) is 8.64. The number of nitrogen functional groups attached to an aromatic ring is 1. The number of nitrogens with one attached hydrogen (secondary N) is 1. The monoisotopic (exact) mass is 390 g/mol. The van der Waals surface area contributed by atoms with E-state index >= 15 is 0 Å². The highest BCUT2D eigenvalue weighted by Gasteiger charge is 2.17. The van der Waals surface area contributed by atoms with E-state index in [1.54, 1.807) is 6.33 Å². The number of nitrogens with zero attached hydrogens (tertiary/aromatic N) is 6. The fourth-order valence-electron chi connectivity index (χ4n) is 2.58. The number of hydrogen-bond donors (Lipinski definition) is 2. The van der Waals surface area contributed by atoms with Crippen LogP contribution in [0.25, 0.3) is 5.69 Å². The Labute approximate surface area is 166 Å². The first-order valence-corrected chi connectivity index (χ1v) is 9.52. The lowest BCUT2D eigenvalue weighted by atomic mass is 10.3. The molecule has 0 saturated carbocycles. The van der Waals surface area contributed by atoms with Gasteiger partial charge in [0.2, 0.25) is 11.9 Å². The van der Waals surface area contributed by atoms with E-state index in [-0.39, 0.29) is 11.2 Å². The van der Waals surface area contributed by atoms with Crippen LogP contribution in [0.2, 0.25) is 0 Å². The summed E-state index contributed by atoms with van der Waals surface area (Å²) in [7, 11) is 0. The van der Waals surface area contributed by atoms with E-state index in [9.17, 15) is 0 Å². The van der Waals surface area contributed by atoms with Crippen LogP contribution in [0.15, 0.2) is 72.1 Å². The highest BCUT2D eigenvalue weighted by molar-refractivity contribution is 7.99. The average molecular weight is 390 g/mol. The number of para-hydroxylation sites is 2. The number of hydrogen-bond acceptors (Lipinski definition) is 8. The third-order valence-electron chi connectivity index (χ3n) is 3.90. The van der Waals surface area contributed by atoms with Gasteiger partial charge in [0, 0.05) is 11.4 Å². The summed E-state index contributed by atoms with van der Waals surface area (Å²) in [4.78, 5) is 13.0. The molecule has 0 spiro atoms. The highest BCUT2D eigenvalue weighted by atomic mass is 32.2. The number of anilines is 3. The summed E-state index contributed by atoms with van der Waals surface area (Å²) in [6.07, 6.45) is 1.69. The third-order valence-corrected chi connectivity index (χ3v) is 4.95. The standard InChI is InChI=1S/C19H18N8S/c1-13(28-19-26-21-12-27(19)15-10-6-3-7-11-15)16-23-17(20)25-18(24-16)22-14-8-4-2-5-9-14/h2-13H,1H3,(H3,20,22,23,24,25). The zero-order chi connectivity index (χ0) is 19.3. The van der Waals surface area contributed by atoms with Gasteiger partial charge in [0.1, 0.15) is 12.2 Å². The van der Waals surface area contributed by atoms with Crippen molar-refractivity contribution < 1.29 is 0 Å². The van der Waals surface area contributed by atoms with E-state index in [1.165, 1.54) is 11.8 Å². The molecule has 0 radical (unpaired) electrons. The van der Waals surface area contributed by atoms with Crippen molar-refractivity contribution >= 4 is 29.3 Å². The predicted molar refractivity (Wildman–Crippen MR) is 110 cm³/mol. The van der Waals surface area contributed by atoms with Gasteiger partial charge < -0.3 is 11.1 Å². The van der Waals surface area contributed by atoms with Crippen LogP contribution in [0.4, 0.5) is 17.6 Å². The molecule has 4 rings (SSSR count). The quantitative estimate of drug-likeness (QED) is 0.481. The van der Waals surface area contributed by atoms with E-state index < -0.39 is 0 Å². The molecular weight excluding hydrogens is 372 g/mol. The van der Waals surface area contributed by atoms with Crippen molar-refractivity contribution in [2.75, 3.05) is 11.1 Å². The number of rotatable bonds is 6. The maximum Gasteiger partial charge on any atom is 0.232 e. The Morgan fingerprint density at radius 3 is 2.43 bits per heavy atom. The predicted octanol–water partition coefficient (Wildman–Crippen LogP) is 3.63. The highest BCUT2D eigenvalue weighted by Crippen LogP contribution is 2.33. The van der Waals surface area contributed by atoms with Crippen molar-refractivity contribution in [1.82, 2.24) is 29.7 Å². The Kier molecular flexibility index (Phi) is 5.16. The summed E-state index contributed by atoms with van der Waals surface area (Å²) in [6.45, 7) is 2.00. The first kappa shape index (κ1) is 17.9. The Hall–Kier alpha value is -3.46. The smallest absolute Gasteiger partial charge is 0.232 e. The van der Waals surface area contributed by atoms with Gasteiger partial charge in [0.05, 0.1) is 5.25 Å². The van der Waals surface area contributed by atoms with Gasteiger partial charge in [-0.25, -0.2) is 0 Å². The molecule has 0 aliphatic rings. The van der Waals surface area contributed by atoms with E-state index in [0.717, 1.165) is 16.5 Å². The lowest BCUT2D eigenvalue weighted by molar-refractivity contribution is 0.854.